The summed E-state index contributed by atoms with van der Waals surface area (Å²) >= 11 is 0. The van der Waals surface area contributed by atoms with Crippen LogP contribution >= 0.6 is 0 Å². The van der Waals surface area contributed by atoms with Gasteiger partial charge in [0.25, 0.3) is 0 Å². The van der Waals surface area contributed by atoms with Crippen molar-refractivity contribution in [1.29, 1.82) is 0 Å². The van der Waals surface area contributed by atoms with Crippen molar-refractivity contribution in [2.45, 2.75) is 44.1 Å². The normalized spacial score (nSPS) is 28.9. The monoisotopic (exact) mass is 226 g/mol. The lowest BCUT2D eigenvalue weighted by Gasteiger charge is -2.37. The van der Waals surface area contributed by atoms with E-state index >= 15 is 0 Å². The van der Waals surface area contributed by atoms with Gasteiger partial charge in [-0.1, -0.05) is 19.3 Å². The lowest BCUT2D eigenvalue weighted by Crippen LogP contribution is -2.54. The van der Waals surface area contributed by atoms with Crippen molar-refractivity contribution in [1.82, 2.24) is 10.6 Å². The molecule has 1 amide bonds. The van der Waals surface area contributed by atoms with Gasteiger partial charge in [-0.25, -0.2) is 0 Å². The summed E-state index contributed by atoms with van der Waals surface area (Å²) in [4.78, 5) is 12.0. The maximum Gasteiger partial charge on any atom is 0.224 e. The average molecular weight is 226 g/mol. The molecule has 2 aliphatic rings. The molecule has 16 heavy (non-hydrogen) atoms. The molecule has 0 radical (unpaired) electrons. The van der Waals surface area contributed by atoms with Crippen molar-refractivity contribution in [3.05, 3.63) is 0 Å². The van der Waals surface area contributed by atoms with Crippen molar-refractivity contribution >= 4 is 5.91 Å². The van der Waals surface area contributed by atoms with Gasteiger partial charge in [0, 0.05) is 6.54 Å². The summed E-state index contributed by atoms with van der Waals surface area (Å²) in [6, 6.07) is 0. The molecule has 0 aromatic rings. The van der Waals surface area contributed by atoms with Gasteiger partial charge in [0.2, 0.25) is 5.91 Å². The van der Waals surface area contributed by atoms with Crippen LogP contribution in [0, 0.1) is 5.92 Å². The molecule has 1 unspecified atom stereocenters. The van der Waals surface area contributed by atoms with Gasteiger partial charge in [-0.15, -0.1) is 0 Å². The Labute approximate surface area is 96.8 Å². The van der Waals surface area contributed by atoms with Gasteiger partial charge in [-0.3, -0.25) is 4.79 Å². The Morgan fingerprint density at radius 2 is 2.12 bits per heavy atom. The van der Waals surface area contributed by atoms with E-state index in [1.165, 1.54) is 6.42 Å². The van der Waals surface area contributed by atoms with E-state index in [0.29, 0.717) is 0 Å². The maximum absolute atomic E-state index is 12.0. The molecule has 2 fully saturated rings. The van der Waals surface area contributed by atoms with Crippen molar-refractivity contribution in [3.63, 3.8) is 0 Å². The molecule has 0 bridgehead atoms. The molecule has 92 valence electrons. The van der Waals surface area contributed by atoms with Crippen LogP contribution in [-0.2, 0) is 4.79 Å². The molecule has 1 saturated carbocycles. The first kappa shape index (κ1) is 11.9. The summed E-state index contributed by atoms with van der Waals surface area (Å²) in [7, 11) is 0. The lowest BCUT2D eigenvalue weighted by molar-refractivity contribution is -0.127. The van der Waals surface area contributed by atoms with Gasteiger partial charge in [-0.05, 0) is 25.8 Å². The molecule has 0 aromatic carbocycles. The number of rotatable bonds is 3. The summed E-state index contributed by atoms with van der Waals surface area (Å²) in [6.07, 6.45) is 6.23. The zero-order chi connectivity index (χ0) is 11.4. The second-order valence-electron chi connectivity index (χ2n) is 5.18. The summed E-state index contributed by atoms with van der Waals surface area (Å²) in [5.74, 6) is 0.228. The molecule has 1 aliphatic heterocycles. The number of hydrogen-bond donors (Lipinski definition) is 3. The zero-order valence-electron chi connectivity index (χ0n) is 9.80. The van der Waals surface area contributed by atoms with Crippen LogP contribution in [0.1, 0.15) is 38.5 Å². The highest BCUT2D eigenvalue weighted by molar-refractivity contribution is 5.80. The second kappa shape index (κ2) is 5.15. The predicted octanol–water partition coefficient (Wildman–Crippen LogP) is 0.407. The Kier molecular flexibility index (Phi) is 3.82. The summed E-state index contributed by atoms with van der Waals surface area (Å²) in [5.41, 5.74) is -0.322. The highest BCUT2D eigenvalue weighted by Gasteiger charge is 2.35. The molecular weight excluding hydrogens is 204 g/mol. The summed E-state index contributed by atoms with van der Waals surface area (Å²) in [5, 5.41) is 15.8. The smallest absolute Gasteiger partial charge is 0.224 e. The van der Waals surface area contributed by atoms with Crippen molar-refractivity contribution in [2.24, 2.45) is 5.92 Å². The van der Waals surface area contributed by atoms with Crippen molar-refractivity contribution in [2.75, 3.05) is 19.7 Å². The van der Waals surface area contributed by atoms with Crippen LogP contribution in [-0.4, -0.2) is 36.2 Å². The zero-order valence-corrected chi connectivity index (χ0v) is 9.80. The summed E-state index contributed by atoms with van der Waals surface area (Å²) < 4.78 is 0. The van der Waals surface area contributed by atoms with Gasteiger partial charge in [0.15, 0.2) is 0 Å². The first-order chi connectivity index (χ1) is 7.76. The minimum Gasteiger partial charge on any atom is -0.394 e. The molecule has 3 N–H and O–H groups in total. The Morgan fingerprint density at radius 3 is 2.69 bits per heavy atom. The number of carbonyl (C=O) groups is 1. The number of amides is 1. The third-order valence-corrected chi connectivity index (χ3v) is 3.93. The fraction of sp³-hybridized carbons (Fsp3) is 0.917. The van der Waals surface area contributed by atoms with Crippen LogP contribution in [0.2, 0.25) is 0 Å². The molecule has 1 aliphatic carbocycles. The third-order valence-electron chi connectivity index (χ3n) is 3.93. The highest BCUT2D eigenvalue weighted by Crippen LogP contribution is 2.28. The lowest BCUT2D eigenvalue weighted by atomic mass is 9.82. The molecule has 0 spiro atoms. The fourth-order valence-electron chi connectivity index (χ4n) is 2.79. The fourth-order valence-corrected chi connectivity index (χ4v) is 2.79. The predicted molar refractivity (Wildman–Crippen MR) is 62.0 cm³/mol. The number of carbonyl (C=O) groups excluding carboxylic acids is 1. The minimum absolute atomic E-state index is 0.0822. The van der Waals surface area contributed by atoms with Crippen LogP contribution in [0.4, 0.5) is 0 Å². The third kappa shape index (κ3) is 2.55. The van der Waals surface area contributed by atoms with Crippen LogP contribution in [0.3, 0.4) is 0 Å². The Morgan fingerprint density at radius 1 is 1.38 bits per heavy atom. The standard InChI is InChI=1S/C12H22N2O2/c15-9-12(5-2-1-3-6-12)14-11(16)10-4-7-13-8-10/h10,13,15H,1-9H2,(H,14,16). The van der Waals surface area contributed by atoms with Crippen LogP contribution in [0.25, 0.3) is 0 Å². The van der Waals surface area contributed by atoms with Crippen LogP contribution in [0.15, 0.2) is 0 Å². The van der Waals surface area contributed by atoms with Crippen molar-refractivity contribution in [3.8, 4) is 0 Å². The number of hydrogen-bond acceptors (Lipinski definition) is 3. The molecule has 2 rings (SSSR count). The van der Waals surface area contributed by atoms with E-state index in [2.05, 4.69) is 10.6 Å². The molecule has 1 saturated heterocycles. The van der Waals surface area contributed by atoms with Gasteiger partial charge in [0.05, 0.1) is 18.1 Å². The summed E-state index contributed by atoms with van der Waals surface area (Å²) in [6.45, 7) is 1.80. The quantitative estimate of drug-likeness (QED) is 0.653. The average Bonchev–Trinajstić information content (AvgIpc) is 2.84. The highest BCUT2D eigenvalue weighted by atomic mass is 16.3. The minimum atomic E-state index is -0.322. The van der Waals surface area contributed by atoms with Gasteiger partial charge < -0.3 is 15.7 Å². The first-order valence-corrected chi connectivity index (χ1v) is 6.39. The van der Waals surface area contributed by atoms with Gasteiger partial charge in [-0.2, -0.15) is 0 Å². The number of aliphatic hydroxyl groups excluding tert-OH is 1. The maximum atomic E-state index is 12.0. The Bertz CT molecular complexity index is 243. The van der Waals surface area contributed by atoms with Crippen LogP contribution in [0.5, 0.6) is 0 Å². The topological polar surface area (TPSA) is 61.4 Å². The van der Waals surface area contributed by atoms with E-state index in [0.717, 1.165) is 45.2 Å². The van der Waals surface area contributed by atoms with E-state index in [-0.39, 0.29) is 24.0 Å². The molecule has 0 aromatic heterocycles. The Hall–Kier alpha value is -0.610. The van der Waals surface area contributed by atoms with Crippen LogP contribution < -0.4 is 10.6 Å². The van der Waals surface area contributed by atoms with E-state index < -0.39 is 0 Å². The van der Waals surface area contributed by atoms with E-state index in [1.54, 1.807) is 0 Å². The largest absolute Gasteiger partial charge is 0.394 e. The Balaban J connectivity index is 1.91. The number of nitrogens with one attached hydrogen (secondary N) is 2. The molecule has 1 heterocycles. The molecule has 4 nitrogen and oxygen atoms in total. The van der Waals surface area contributed by atoms with Gasteiger partial charge >= 0.3 is 0 Å². The second-order valence-corrected chi connectivity index (χ2v) is 5.18. The van der Waals surface area contributed by atoms with Gasteiger partial charge in [0.1, 0.15) is 0 Å². The van der Waals surface area contributed by atoms with E-state index in [4.69, 9.17) is 0 Å². The molecule has 1 atom stereocenters. The molecular formula is C12H22N2O2. The van der Waals surface area contributed by atoms with Crippen molar-refractivity contribution < 1.29 is 9.90 Å². The SMILES string of the molecule is O=C(NC1(CO)CCCCC1)C1CCNC1. The molecule has 4 heteroatoms. The first-order valence-electron chi connectivity index (χ1n) is 6.39. The van der Waals surface area contributed by atoms with E-state index in [9.17, 15) is 9.90 Å². The number of aliphatic hydroxyl groups is 1. The van der Waals surface area contributed by atoms with E-state index in [1.807, 2.05) is 0 Å².